The van der Waals surface area contributed by atoms with Gasteiger partial charge >= 0.3 is 0 Å². The van der Waals surface area contributed by atoms with Crippen LogP contribution in [0.4, 0.5) is 0 Å². The molecule has 0 amide bonds. The third-order valence-corrected chi connectivity index (χ3v) is 11.6. The smallest absolute Gasteiger partial charge is 0.0179 e. The quantitative estimate of drug-likeness (QED) is 0.0583. The van der Waals surface area contributed by atoms with Gasteiger partial charge in [0.15, 0.2) is 0 Å². The van der Waals surface area contributed by atoms with Gasteiger partial charge in [0.1, 0.15) is 0 Å². The van der Waals surface area contributed by atoms with Gasteiger partial charge in [0, 0.05) is 0 Å². The van der Waals surface area contributed by atoms with Crippen molar-refractivity contribution in [3.05, 3.63) is 5.92 Å². The molecular formula is C46H93. The molecule has 1 radical (unpaired) electrons. The predicted octanol–water partition coefficient (Wildman–Crippen LogP) is 17.6. The van der Waals surface area contributed by atoms with Crippen molar-refractivity contribution in [3.8, 4) is 0 Å². The van der Waals surface area contributed by atoms with Gasteiger partial charge in [-0.05, 0) is 42.9 Å². The maximum atomic E-state index is 2.56. The lowest BCUT2D eigenvalue weighted by Crippen LogP contribution is -2.28. The highest BCUT2D eigenvalue weighted by Crippen LogP contribution is 2.43. The van der Waals surface area contributed by atoms with Gasteiger partial charge < -0.3 is 0 Å². The van der Waals surface area contributed by atoms with E-state index >= 15 is 0 Å². The van der Waals surface area contributed by atoms with Crippen molar-refractivity contribution in [1.82, 2.24) is 0 Å². The first kappa shape index (κ1) is 46.0. The van der Waals surface area contributed by atoms with Crippen LogP contribution in [-0.2, 0) is 0 Å². The average molecular weight is 646 g/mol. The summed E-state index contributed by atoms with van der Waals surface area (Å²) < 4.78 is 0. The maximum Gasteiger partial charge on any atom is -0.0179 e. The van der Waals surface area contributed by atoms with Crippen LogP contribution in [0, 0.1) is 23.7 Å². The molecule has 0 aliphatic carbocycles. The van der Waals surface area contributed by atoms with Gasteiger partial charge in [-0.15, -0.1) is 0 Å². The van der Waals surface area contributed by atoms with Gasteiger partial charge in [0.05, 0.1) is 0 Å². The van der Waals surface area contributed by atoms with Crippen LogP contribution in [0.5, 0.6) is 0 Å². The third kappa shape index (κ3) is 27.9. The third-order valence-electron chi connectivity index (χ3n) is 11.6. The molecule has 1 atom stereocenters. The molecule has 0 aliphatic rings. The van der Waals surface area contributed by atoms with Crippen molar-refractivity contribution in [1.29, 1.82) is 0 Å². The number of hydrogen-bond acceptors (Lipinski definition) is 0. The van der Waals surface area contributed by atoms with E-state index in [4.69, 9.17) is 0 Å². The summed E-state index contributed by atoms with van der Waals surface area (Å²) in [4.78, 5) is 0. The summed E-state index contributed by atoms with van der Waals surface area (Å²) >= 11 is 0. The Morgan fingerprint density at radius 1 is 0.304 bits per heavy atom. The average Bonchev–Trinajstić information content (AvgIpc) is 3.07. The lowest BCUT2D eigenvalue weighted by Gasteiger charge is -2.38. The van der Waals surface area contributed by atoms with E-state index in [2.05, 4.69) is 41.5 Å². The van der Waals surface area contributed by atoms with E-state index in [1.165, 1.54) is 231 Å². The van der Waals surface area contributed by atoms with Crippen molar-refractivity contribution < 1.29 is 0 Å². The molecule has 0 nitrogen and oxygen atoms in total. The van der Waals surface area contributed by atoms with Crippen LogP contribution in [0.1, 0.15) is 273 Å². The zero-order chi connectivity index (χ0) is 33.8. The molecule has 0 aromatic heterocycles. The molecule has 0 saturated heterocycles. The highest BCUT2D eigenvalue weighted by Gasteiger charge is 2.32. The molecule has 0 aliphatic heterocycles. The summed E-state index contributed by atoms with van der Waals surface area (Å²) in [6.07, 6.45) is 52.4. The molecule has 46 heavy (non-hydrogen) atoms. The van der Waals surface area contributed by atoms with Crippen LogP contribution in [0.2, 0.25) is 0 Å². The first-order valence-corrected chi connectivity index (χ1v) is 22.5. The fourth-order valence-corrected chi connectivity index (χ4v) is 8.59. The minimum absolute atomic E-state index is 0.887. The number of rotatable bonds is 39. The van der Waals surface area contributed by atoms with Crippen LogP contribution in [0.3, 0.4) is 0 Å². The van der Waals surface area contributed by atoms with Crippen molar-refractivity contribution in [2.45, 2.75) is 273 Å². The first-order chi connectivity index (χ1) is 22.7. The lowest BCUT2D eigenvalue weighted by molar-refractivity contribution is 0.229. The molecule has 0 aromatic carbocycles. The van der Waals surface area contributed by atoms with E-state index in [-0.39, 0.29) is 0 Å². The topological polar surface area (TPSA) is 0 Å². The summed E-state index contributed by atoms with van der Waals surface area (Å²) in [5, 5.41) is 0. The van der Waals surface area contributed by atoms with E-state index in [0.29, 0.717) is 0 Å². The highest BCUT2D eigenvalue weighted by molar-refractivity contribution is 5.03. The Hall–Kier alpha value is 0. The zero-order valence-electron chi connectivity index (χ0n) is 33.7. The molecule has 0 fully saturated rings. The molecule has 1 unspecified atom stereocenters. The second-order valence-corrected chi connectivity index (χ2v) is 15.7. The molecule has 0 N–H and O–H groups in total. The van der Waals surface area contributed by atoms with Gasteiger partial charge in [0.2, 0.25) is 0 Å². The Kier molecular flexibility index (Phi) is 37.8. The summed E-state index contributed by atoms with van der Waals surface area (Å²) in [7, 11) is 0. The van der Waals surface area contributed by atoms with Crippen LogP contribution in [0.25, 0.3) is 0 Å². The zero-order valence-corrected chi connectivity index (χ0v) is 33.7. The summed E-state index contributed by atoms with van der Waals surface area (Å²) in [5.74, 6) is 4.77. The van der Waals surface area contributed by atoms with Gasteiger partial charge in [0.25, 0.3) is 0 Å². The lowest BCUT2D eigenvalue weighted by atomic mass is 9.67. The second kappa shape index (κ2) is 37.8. The molecule has 0 rings (SSSR count). The molecule has 0 aromatic rings. The Morgan fingerprint density at radius 3 is 0.826 bits per heavy atom. The van der Waals surface area contributed by atoms with Crippen LogP contribution >= 0.6 is 0 Å². The van der Waals surface area contributed by atoms with Gasteiger partial charge in [-0.3, -0.25) is 0 Å². The summed E-state index contributed by atoms with van der Waals surface area (Å²) in [6, 6.07) is 0. The van der Waals surface area contributed by atoms with Crippen molar-refractivity contribution in [2.24, 2.45) is 17.8 Å². The van der Waals surface area contributed by atoms with Crippen LogP contribution in [0.15, 0.2) is 0 Å². The monoisotopic (exact) mass is 646 g/mol. The molecule has 0 saturated carbocycles. The van der Waals surface area contributed by atoms with E-state index in [1.54, 1.807) is 0 Å². The normalized spacial score (nSPS) is 12.7. The summed E-state index contributed by atoms with van der Waals surface area (Å²) in [5.41, 5.74) is 0. The first-order valence-electron chi connectivity index (χ1n) is 22.5. The van der Waals surface area contributed by atoms with Gasteiger partial charge in [-0.1, -0.05) is 253 Å². The minimum atomic E-state index is 0.887. The van der Waals surface area contributed by atoms with Crippen molar-refractivity contribution in [3.63, 3.8) is 0 Å². The van der Waals surface area contributed by atoms with Crippen LogP contribution in [-0.4, -0.2) is 0 Å². The highest BCUT2D eigenvalue weighted by atomic mass is 14.4. The van der Waals surface area contributed by atoms with Crippen LogP contribution < -0.4 is 0 Å². The summed E-state index contributed by atoms with van der Waals surface area (Å²) in [6.45, 7) is 14.5. The minimum Gasteiger partial charge on any atom is -0.0654 e. The fraction of sp³-hybridized carbons (Fsp3) is 0.978. The molecule has 0 heterocycles. The largest absolute Gasteiger partial charge is 0.0654 e. The van der Waals surface area contributed by atoms with E-state index in [9.17, 15) is 0 Å². The standard InChI is InChI=1S/C46H93/c1-7-13-17-21-25-29-33-37-41-44(42-38-34-30-26-22-18-14-8-2)46(12-6)45(11-5)43(39-35-31-27-23-19-15-9-3)40-36-32-28-24-20-16-10-4/h43-45H,7-42H2,1-6H3. The molecule has 0 heteroatoms. The Labute approximate surface area is 295 Å². The molecular weight excluding hydrogens is 553 g/mol. The van der Waals surface area contributed by atoms with Gasteiger partial charge in [-0.25, -0.2) is 0 Å². The van der Waals surface area contributed by atoms with E-state index < -0.39 is 0 Å². The molecule has 0 bridgehead atoms. The molecule has 0 spiro atoms. The number of unbranched alkanes of at least 4 members (excludes halogenated alkanes) is 26. The van der Waals surface area contributed by atoms with Gasteiger partial charge in [-0.2, -0.15) is 0 Å². The number of hydrogen-bond donors (Lipinski definition) is 0. The predicted molar refractivity (Wildman–Crippen MR) is 214 cm³/mol. The Bertz CT molecular complexity index is 498. The Balaban J connectivity index is 5.29. The fourth-order valence-electron chi connectivity index (χ4n) is 8.59. The Morgan fingerprint density at radius 2 is 0.565 bits per heavy atom. The SMILES string of the molecule is CCCCCCCCCCC(CCCCCCCCCC)[C](CC)C(CC)C(CCCCCCCCC)CCCCCCCCC. The maximum absolute atomic E-state index is 2.56. The second-order valence-electron chi connectivity index (χ2n) is 15.7. The van der Waals surface area contributed by atoms with Crippen molar-refractivity contribution >= 4 is 0 Å². The van der Waals surface area contributed by atoms with Crippen molar-refractivity contribution in [2.75, 3.05) is 0 Å². The molecule has 277 valence electrons. The van der Waals surface area contributed by atoms with E-state index in [0.717, 1.165) is 17.8 Å². The van der Waals surface area contributed by atoms with E-state index in [1.807, 2.05) is 5.92 Å².